The van der Waals surface area contributed by atoms with Crippen LogP contribution in [-0.2, 0) is 9.53 Å². The summed E-state index contributed by atoms with van der Waals surface area (Å²) in [6.45, 7) is 2.36. The fourth-order valence-corrected chi connectivity index (χ4v) is 2.21. The Bertz CT molecular complexity index is 273. The zero-order valence-corrected chi connectivity index (χ0v) is 9.37. The molecular formula is C12H19NO2. The molecule has 1 heterocycles. The molecule has 0 aromatic heterocycles. The van der Waals surface area contributed by atoms with Gasteiger partial charge < -0.3 is 9.64 Å². The van der Waals surface area contributed by atoms with Gasteiger partial charge >= 0.3 is 0 Å². The first-order valence-corrected chi connectivity index (χ1v) is 5.81. The third-order valence-electron chi connectivity index (χ3n) is 3.17. The van der Waals surface area contributed by atoms with Crippen molar-refractivity contribution in [2.45, 2.75) is 31.8 Å². The average molecular weight is 209 g/mol. The number of rotatable bonds is 2. The van der Waals surface area contributed by atoms with Gasteiger partial charge in [0.2, 0.25) is 0 Å². The summed E-state index contributed by atoms with van der Waals surface area (Å²) in [6, 6.07) is 0. The van der Waals surface area contributed by atoms with Crippen LogP contribution < -0.4 is 0 Å². The van der Waals surface area contributed by atoms with Gasteiger partial charge in [-0.25, -0.2) is 0 Å². The SMILES string of the molecule is CN1CCOC(C(=O)C2=CCCCC2)C1. The molecule has 0 bridgehead atoms. The number of ether oxygens (including phenoxy) is 1. The van der Waals surface area contributed by atoms with E-state index in [2.05, 4.69) is 11.0 Å². The number of hydrogen-bond acceptors (Lipinski definition) is 3. The van der Waals surface area contributed by atoms with Gasteiger partial charge in [-0.15, -0.1) is 0 Å². The number of Topliss-reactive ketones (excluding diaryl/α,β-unsaturated/α-hetero) is 1. The van der Waals surface area contributed by atoms with Gasteiger partial charge in [0, 0.05) is 13.1 Å². The van der Waals surface area contributed by atoms with E-state index in [1.165, 1.54) is 6.42 Å². The summed E-state index contributed by atoms with van der Waals surface area (Å²) in [5.74, 6) is 0.223. The fourth-order valence-electron chi connectivity index (χ4n) is 2.21. The predicted octanol–water partition coefficient (Wildman–Crippen LogP) is 1.39. The summed E-state index contributed by atoms with van der Waals surface area (Å²) >= 11 is 0. The van der Waals surface area contributed by atoms with Crippen molar-refractivity contribution < 1.29 is 9.53 Å². The zero-order chi connectivity index (χ0) is 10.7. The first-order chi connectivity index (χ1) is 7.27. The molecule has 15 heavy (non-hydrogen) atoms. The Hall–Kier alpha value is -0.670. The molecule has 1 aliphatic heterocycles. The van der Waals surface area contributed by atoms with Crippen molar-refractivity contribution in [3.63, 3.8) is 0 Å². The summed E-state index contributed by atoms with van der Waals surface area (Å²) in [4.78, 5) is 14.2. The van der Waals surface area contributed by atoms with Crippen molar-refractivity contribution in [3.8, 4) is 0 Å². The molecule has 2 rings (SSSR count). The minimum atomic E-state index is -0.215. The third kappa shape index (κ3) is 2.67. The third-order valence-corrected chi connectivity index (χ3v) is 3.17. The molecule has 1 atom stereocenters. The maximum absolute atomic E-state index is 12.1. The molecular weight excluding hydrogens is 190 g/mol. The summed E-state index contributed by atoms with van der Waals surface area (Å²) in [6.07, 6.45) is 6.27. The Balaban J connectivity index is 1.97. The van der Waals surface area contributed by atoms with Gasteiger partial charge in [-0.3, -0.25) is 4.79 Å². The Labute approximate surface area is 91.1 Å². The highest BCUT2D eigenvalue weighted by molar-refractivity contribution is 5.99. The van der Waals surface area contributed by atoms with Crippen molar-refractivity contribution >= 4 is 5.78 Å². The van der Waals surface area contributed by atoms with Gasteiger partial charge in [0.15, 0.2) is 5.78 Å². The Kier molecular flexibility index (Phi) is 3.54. The van der Waals surface area contributed by atoms with Gasteiger partial charge in [-0.05, 0) is 38.3 Å². The van der Waals surface area contributed by atoms with Crippen molar-refractivity contribution in [3.05, 3.63) is 11.6 Å². The van der Waals surface area contributed by atoms with Crippen LogP contribution in [-0.4, -0.2) is 43.5 Å². The van der Waals surface area contributed by atoms with Crippen molar-refractivity contribution in [2.24, 2.45) is 0 Å². The molecule has 3 nitrogen and oxygen atoms in total. The maximum Gasteiger partial charge on any atom is 0.188 e. The predicted molar refractivity (Wildman–Crippen MR) is 58.8 cm³/mol. The molecule has 0 radical (unpaired) electrons. The quantitative estimate of drug-likeness (QED) is 0.688. The number of nitrogens with zero attached hydrogens (tertiary/aromatic N) is 1. The van der Waals surface area contributed by atoms with E-state index in [1.807, 2.05) is 7.05 Å². The summed E-state index contributed by atoms with van der Waals surface area (Å²) in [7, 11) is 2.04. The van der Waals surface area contributed by atoms with Crippen LogP contribution in [0.2, 0.25) is 0 Å². The second kappa shape index (κ2) is 4.90. The highest BCUT2D eigenvalue weighted by atomic mass is 16.5. The van der Waals surface area contributed by atoms with E-state index in [0.717, 1.165) is 37.9 Å². The number of carbonyl (C=O) groups excluding carboxylic acids is 1. The van der Waals surface area contributed by atoms with Crippen LogP contribution >= 0.6 is 0 Å². The number of morpholine rings is 1. The molecule has 0 N–H and O–H groups in total. The molecule has 3 heteroatoms. The van der Waals surface area contributed by atoms with Crippen LogP contribution in [0.5, 0.6) is 0 Å². The van der Waals surface area contributed by atoms with Crippen LogP contribution in [0, 0.1) is 0 Å². The smallest absolute Gasteiger partial charge is 0.188 e. The molecule has 84 valence electrons. The molecule has 1 unspecified atom stereocenters. The van der Waals surface area contributed by atoms with Gasteiger partial charge in [-0.2, -0.15) is 0 Å². The van der Waals surface area contributed by atoms with Gasteiger partial charge in [0.05, 0.1) is 6.61 Å². The molecule has 0 aromatic rings. The largest absolute Gasteiger partial charge is 0.367 e. The summed E-state index contributed by atoms with van der Waals surface area (Å²) in [5, 5.41) is 0. The maximum atomic E-state index is 12.1. The minimum absolute atomic E-state index is 0.215. The number of carbonyl (C=O) groups is 1. The number of ketones is 1. The number of hydrogen-bond donors (Lipinski definition) is 0. The van der Waals surface area contributed by atoms with Gasteiger partial charge in [0.25, 0.3) is 0 Å². The van der Waals surface area contributed by atoms with E-state index in [9.17, 15) is 4.79 Å². The number of allylic oxidation sites excluding steroid dienone is 1. The highest BCUT2D eigenvalue weighted by Crippen LogP contribution is 2.20. The molecule has 0 aromatic carbocycles. The van der Waals surface area contributed by atoms with E-state index in [1.54, 1.807) is 0 Å². The lowest BCUT2D eigenvalue weighted by Crippen LogP contribution is -2.44. The topological polar surface area (TPSA) is 29.5 Å². The Morgan fingerprint density at radius 3 is 3.07 bits per heavy atom. The standard InChI is InChI=1S/C12H19NO2/c1-13-7-8-15-11(9-13)12(14)10-5-3-2-4-6-10/h5,11H,2-4,6-9H2,1H3. The molecule has 0 amide bonds. The van der Waals surface area contributed by atoms with Crippen LogP contribution in [0.25, 0.3) is 0 Å². The number of likely N-dealkylation sites (N-methyl/N-ethyl adjacent to an activating group) is 1. The minimum Gasteiger partial charge on any atom is -0.367 e. The van der Waals surface area contributed by atoms with Gasteiger partial charge in [-0.1, -0.05) is 6.08 Å². The monoisotopic (exact) mass is 209 g/mol. The highest BCUT2D eigenvalue weighted by Gasteiger charge is 2.27. The second-order valence-electron chi connectivity index (χ2n) is 4.46. The molecule has 2 aliphatic rings. The molecule has 1 fully saturated rings. The average Bonchev–Trinajstić information content (AvgIpc) is 2.29. The zero-order valence-electron chi connectivity index (χ0n) is 9.37. The first-order valence-electron chi connectivity index (χ1n) is 5.81. The van der Waals surface area contributed by atoms with E-state index < -0.39 is 0 Å². The lowest BCUT2D eigenvalue weighted by Gasteiger charge is -2.30. The summed E-state index contributed by atoms with van der Waals surface area (Å²) in [5.41, 5.74) is 1.00. The first kappa shape index (κ1) is 10.8. The van der Waals surface area contributed by atoms with E-state index >= 15 is 0 Å². The summed E-state index contributed by atoms with van der Waals surface area (Å²) < 4.78 is 5.53. The Morgan fingerprint density at radius 2 is 2.40 bits per heavy atom. The normalized spacial score (nSPS) is 28.6. The lowest BCUT2D eigenvalue weighted by atomic mass is 9.93. The van der Waals surface area contributed by atoms with Crippen LogP contribution in [0.1, 0.15) is 25.7 Å². The van der Waals surface area contributed by atoms with Crippen molar-refractivity contribution in [1.29, 1.82) is 0 Å². The van der Waals surface area contributed by atoms with Crippen molar-refractivity contribution in [1.82, 2.24) is 4.90 Å². The molecule has 1 saturated heterocycles. The van der Waals surface area contributed by atoms with Crippen LogP contribution in [0.15, 0.2) is 11.6 Å². The fraction of sp³-hybridized carbons (Fsp3) is 0.750. The van der Waals surface area contributed by atoms with Gasteiger partial charge in [0.1, 0.15) is 6.10 Å². The lowest BCUT2D eigenvalue weighted by molar-refractivity contribution is -0.131. The van der Waals surface area contributed by atoms with E-state index in [0.29, 0.717) is 6.61 Å². The second-order valence-corrected chi connectivity index (χ2v) is 4.46. The van der Waals surface area contributed by atoms with Crippen LogP contribution in [0.3, 0.4) is 0 Å². The van der Waals surface area contributed by atoms with Crippen molar-refractivity contribution in [2.75, 3.05) is 26.7 Å². The Morgan fingerprint density at radius 1 is 1.53 bits per heavy atom. The van der Waals surface area contributed by atoms with E-state index in [-0.39, 0.29) is 11.9 Å². The molecule has 0 saturated carbocycles. The molecule has 1 aliphatic carbocycles. The van der Waals surface area contributed by atoms with E-state index in [4.69, 9.17) is 4.74 Å². The molecule has 0 spiro atoms. The van der Waals surface area contributed by atoms with Crippen LogP contribution in [0.4, 0.5) is 0 Å².